The van der Waals surface area contributed by atoms with E-state index >= 15 is 0 Å². The van der Waals surface area contributed by atoms with Crippen LogP contribution in [0.5, 0.6) is 5.88 Å². The first-order valence-electron chi connectivity index (χ1n) is 10.2. The van der Waals surface area contributed by atoms with Gasteiger partial charge in [-0.1, -0.05) is 43.2 Å². The predicted octanol–water partition coefficient (Wildman–Crippen LogP) is 4.79. The molecule has 3 aromatic heterocycles. The first-order valence-corrected chi connectivity index (χ1v) is 11.2. The second-order valence-electron chi connectivity index (χ2n) is 7.48. The van der Waals surface area contributed by atoms with Crippen molar-refractivity contribution < 1.29 is 5.11 Å². The van der Waals surface area contributed by atoms with Crippen molar-refractivity contribution in [2.45, 2.75) is 49.1 Å². The van der Waals surface area contributed by atoms with Gasteiger partial charge < -0.3 is 5.11 Å². The maximum Gasteiger partial charge on any atom is 0.222 e. The molecule has 0 radical (unpaired) electrons. The van der Waals surface area contributed by atoms with Gasteiger partial charge in [0.15, 0.2) is 11.0 Å². The number of hydrogen-bond acceptors (Lipinski definition) is 7. The molecule has 0 bridgehead atoms. The molecule has 0 atom stereocenters. The molecule has 1 saturated carbocycles. The summed E-state index contributed by atoms with van der Waals surface area (Å²) in [4.78, 5) is 13.1. The molecule has 1 aliphatic rings. The Morgan fingerprint density at radius 3 is 2.70 bits per heavy atom. The van der Waals surface area contributed by atoms with Crippen molar-refractivity contribution in [1.29, 1.82) is 0 Å². The number of fused-ring (bicyclic) bond motifs is 1. The first kappa shape index (κ1) is 19.0. The second-order valence-corrected chi connectivity index (χ2v) is 8.42. The van der Waals surface area contributed by atoms with Gasteiger partial charge in [0, 0.05) is 24.0 Å². The Kier molecular flexibility index (Phi) is 5.31. The zero-order valence-electron chi connectivity index (χ0n) is 16.5. The third kappa shape index (κ3) is 3.75. The zero-order chi connectivity index (χ0) is 20.3. The van der Waals surface area contributed by atoms with Gasteiger partial charge in [-0.2, -0.15) is 4.98 Å². The third-order valence-electron chi connectivity index (χ3n) is 5.48. The van der Waals surface area contributed by atoms with Crippen molar-refractivity contribution >= 4 is 22.7 Å². The lowest BCUT2D eigenvalue weighted by atomic mass is 9.95. The molecule has 4 aromatic rings. The van der Waals surface area contributed by atoms with E-state index in [-0.39, 0.29) is 5.88 Å². The lowest BCUT2D eigenvalue weighted by molar-refractivity contribution is 0.339. The van der Waals surface area contributed by atoms with Crippen LogP contribution in [0.2, 0.25) is 0 Å². The lowest BCUT2D eigenvalue weighted by Crippen LogP contribution is -2.15. The fourth-order valence-corrected chi connectivity index (χ4v) is 4.90. The van der Waals surface area contributed by atoms with Crippen molar-refractivity contribution in [3.8, 4) is 17.3 Å². The van der Waals surface area contributed by atoms with E-state index in [9.17, 15) is 5.11 Å². The number of hydrogen-bond donors (Lipinski definition) is 1. The normalized spacial score (nSPS) is 14.9. The minimum atomic E-state index is 0.0148. The Morgan fingerprint density at radius 1 is 1.00 bits per heavy atom. The summed E-state index contributed by atoms with van der Waals surface area (Å²) in [6, 6.07) is 11.8. The molecule has 0 saturated heterocycles. The molecular weight excluding hydrogens is 396 g/mol. The largest absolute Gasteiger partial charge is 0.493 e. The van der Waals surface area contributed by atoms with Crippen LogP contribution in [0.1, 0.15) is 44.0 Å². The maximum atomic E-state index is 10.3. The molecular formula is C22H22N6OS. The Bertz CT molecular complexity index is 1160. The number of para-hydroxylation sites is 1. The van der Waals surface area contributed by atoms with Crippen LogP contribution in [0.4, 0.5) is 0 Å². The summed E-state index contributed by atoms with van der Waals surface area (Å²) in [5.74, 6) is 1.97. The molecule has 7 nitrogen and oxygen atoms in total. The molecule has 1 aromatic carbocycles. The van der Waals surface area contributed by atoms with E-state index < -0.39 is 0 Å². The van der Waals surface area contributed by atoms with Gasteiger partial charge in [0.2, 0.25) is 5.88 Å². The molecule has 1 fully saturated rings. The Hall–Kier alpha value is -3.00. The minimum absolute atomic E-state index is 0.0148. The molecule has 0 aliphatic heterocycles. The Balaban J connectivity index is 1.46. The summed E-state index contributed by atoms with van der Waals surface area (Å²) in [7, 11) is 0. The van der Waals surface area contributed by atoms with E-state index in [0.29, 0.717) is 23.0 Å². The van der Waals surface area contributed by atoms with Crippen molar-refractivity contribution in [1.82, 2.24) is 29.7 Å². The van der Waals surface area contributed by atoms with Gasteiger partial charge in [-0.3, -0.25) is 9.55 Å². The fraction of sp³-hybridized carbons (Fsp3) is 0.318. The van der Waals surface area contributed by atoms with Crippen molar-refractivity contribution in [2.75, 3.05) is 0 Å². The Morgan fingerprint density at radius 2 is 1.87 bits per heavy atom. The summed E-state index contributed by atoms with van der Waals surface area (Å²) in [6.07, 6.45) is 9.60. The summed E-state index contributed by atoms with van der Waals surface area (Å²) in [5.41, 5.74) is 1.72. The van der Waals surface area contributed by atoms with Gasteiger partial charge in [-0.25, -0.2) is 4.98 Å². The van der Waals surface area contributed by atoms with Crippen LogP contribution < -0.4 is 0 Å². The van der Waals surface area contributed by atoms with Crippen molar-refractivity contribution in [3.05, 3.63) is 54.6 Å². The minimum Gasteiger partial charge on any atom is -0.493 e. The number of aromatic nitrogens is 6. The maximum absolute atomic E-state index is 10.3. The van der Waals surface area contributed by atoms with Crippen LogP contribution >= 0.6 is 11.8 Å². The molecule has 1 aliphatic carbocycles. The van der Waals surface area contributed by atoms with Crippen LogP contribution in [-0.4, -0.2) is 34.8 Å². The smallest absolute Gasteiger partial charge is 0.222 e. The van der Waals surface area contributed by atoms with Gasteiger partial charge in [0.05, 0.1) is 16.7 Å². The highest BCUT2D eigenvalue weighted by Crippen LogP contribution is 2.36. The van der Waals surface area contributed by atoms with Crippen LogP contribution in [0.3, 0.4) is 0 Å². The molecule has 30 heavy (non-hydrogen) atoms. The molecule has 0 spiro atoms. The highest BCUT2D eigenvalue weighted by molar-refractivity contribution is 7.98. The number of aromatic hydroxyl groups is 1. The quantitative estimate of drug-likeness (QED) is 0.466. The fourth-order valence-electron chi connectivity index (χ4n) is 4.04. The standard InChI is InChI=1S/C22H22N6OS/c29-21-17-10-4-5-11-18(17)24-19(25-21)14-30-22-27-26-20(15-7-6-12-23-13-15)28(22)16-8-2-1-3-9-16/h4-7,10-13,16H,1-3,8-9,14H2,(H,24,25,29). The summed E-state index contributed by atoms with van der Waals surface area (Å²) in [6.45, 7) is 0. The monoisotopic (exact) mass is 418 g/mol. The number of pyridine rings is 1. The van der Waals surface area contributed by atoms with Crippen LogP contribution in [0, 0.1) is 0 Å². The van der Waals surface area contributed by atoms with Gasteiger partial charge in [0.1, 0.15) is 5.82 Å². The average Bonchev–Trinajstić information content (AvgIpc) is 3.23. The molecule has 8 heteroatoms. The van der Waals surface area contributed by atoms with Gasteiger partial charge >= 0.3 is 0 Å². The topological polar surface area (TPSA) is 89.6 Å². The lowest BCUT2D eigenvalue weighted by Gasteiger charge is -2.25. The van der Waals surface area contributed by atoms with E-state index in [1.807, 2.05) is 42.6 Å². The zero-order valence-corrected chi connectivity index (χ0v) is 17.3. The van der Waals surface area contributed by atoms with Crippen LogP contribution in [0.15, 0.2) is 53.9 Å². The Labute approximate surface area is 178 Å². The van der Waals surface area contributed by atoms with Crippen LogP contribution in [-0.2, 0) is 5.75 Å². The van der Waals surface area contributed by atoms with E-state index in [0.717, 1.165) is 34.9 Å². The van der Waals surface area contributed by atoms with Crippen LogP contribution in [0.25, 0.3) is 22.3 Å². The number of benzene rings is 1. The number of nitrogens with zero attached hydrogens (tertiary/aromatic N) is 6. The number of rotatable bonds is 5. The van der Waals surface area contributed by atoms with Gasteiger partial charge in [-0.15, -0.1) is 10.2 Å². The summed E-state index contributed by atoms with van der Waals surface area (Å²) < 4.78 is 2.27. The van der Waals surface area contributed by atoms with E-state index in [2.05, 4.69) is 29.7 Å². The van der Waals surface area contributed by atoms with Crippen molar-refractivity contribution in [3.63, 3.8) is 0 Å². The van der Waals surface area contributed by atoms with E-state index in [4.69, 9.17) is 0 Å². The molecule has 0 unspecified atom stereocenters. The molecule has 3 heterocycles. The second kappa shape index (κ2) is 8.39. The highest BCUT2D eigenvalue weighted by Gasteiger charge is 2.24. The molecule has 152 valence electrons. The summed E-state index contributed by atoms with van der Waals surface area (Å²) >= 11 is 1.56. The number of thioether (sulfide) groups is 1. The predicted molar refractivity (Wildman–Crippen MR) is 116 cm³/mol. The van der Waals surface area contributed by atoms with Gasteiger partial charge in [0.25, 0.3) is 0 Å². The third-order valence-corrected chi connectivity index (χ3v) is 6.42. The first-order chi connectivity index (χ1) is 14.8. The van der Waals surface area contributed by atoms with Crippen molar-refractivity contribution in [2.24, 2.45) is 0 Å². The molecule has 5 rings (SSSR count). The SMILES string of the molecule is Oc1nc(CSc2nnc(-c3cccnc3)n2C2CCCCC2)nc2ccccc12. The van der Waals surface area contributed by atoms with Gasteiger partial charge in [-0.05, 0) is 37.1 Å². The average molecular weight is 419 g/mol. The molecule has 1 N–H and O–H groups in total. The molecule has 0 amide bonds. The highest BCUT2D eigenvalue weighted by atomic mass is 32.2. The van der Waals surface area contributed by atoms with E-state index in [1.54, 1.807) is 18.0 Å². The summed E-state index contributed by atoms with van der Waals surface area (Å²) in [5, 5.41) is 20.8. The van der Waals surface area contributed by atoms with E-state index in [1.165, 1.54) is 19.3 Å².